The van der Waals surface area contributed by atoms with Crippen LogP contribution >= 0.6 is 11.6 Å². The van der Waals surface area contributed by atoms with Gasteiger partial charge < -0.3 is 16.0 Å². The third-order valence-corrected chi connectivity index (χ3v) is 6.03. The van der Waals surface area contributed by atoms with Gasteiger partial charge in [0.15, 0.2) is 5.65 Å². The van der Waals surface area contributed by atoms with Gasteiger partial charge in [-0.25, -0.2) is 4.98 Å². The Morgan fingerprint density at radius 1 is 1.37 bits per heavy atom. The first-order chi connectivity index (χ1) is 14.5. The van der Waals surface area contributed by atoms with Crippen LogP contribution in [0.1, 0.15) is 25.3 Å². The minimum absolute atomic E-state index is 0.135. The molecule has 0 aromatic carbocycles. The molecule has 3 heterocycles. The molecule has 0 saturated carbocycles. The van der Waals surface area contributed by atoms with E-state index >= 15 is 0 Å². The van der Waals surface area contributed by atoms with Gasteiger partial charge in [0.1, 0.15) is 11.2 Å². The number of carbonyl (C=O) groups excluding carboxylic acids is 2. The molecule has 0 bridgehead atoms. The fraction of sp³-hybridized carbons (Fsp3) is 0.429. The SMILES string of the molecule is C[C@H](NC(=O)[C@H]1C[C@H](C2C=CC=CC2)CN1)C(=O)NCc1cnc2n[nH]c(Cl)c2c1. The van der Waals surface area contributed by atoms with Crippen LogP contribution in [-0.2, 0) is 16.1 Å². The summed E-state index contributed by atoms with van der Waals surface area (Å²) in [5.41, 5.74) is 1.32. The summed E-state index contributed by atoms with van der Waals surface area (Å²) in [5.74, 6) is 0.513. The number of allylic oxidation sites excluding steroid dienone is 4. The van der Waals surface area contributed by atoms with Crippen molar-refractivity contribution in [1.82, 2.24) is 31.1 Å². The summed E-state index contributed by atoms with van der Waals surface area (Å²) >= 11 is 6.03. The maximum absolute atomic E-state index is 12.6. The fourth-order valence-electron chi connectivity index (χ4n) is 3.97. The lowest BCUT2D eigenvalue weighted by Crippen LogP contribution is -2.49. The van der Waals surface area contributed by atoms with Crippen LogP contribution in [0.25, 0.3) is 11.0 Å². The highest BCUT2D eigenvalue weighted by molar-refractivity contribution is 6.34. The number of carbonyl (C=O) groups is 2. The van der Waals surface area contributed by atoms with E-state index in [1.165, 1.54) is 0 Å². The molecular weight excluding hydrogens is 404 g/mol. The molecule has 9 heteroatoms. The van der Waals surface area contributed by atoms with Crippen molar-refractivity contribution >= 4 is 34.4 Å². The maximum atomic E-state index is 12.6. The molecule has 2 amide bonds. The van der Waals surface area contributed by atoms with E-state index in [0.717, 1.165) is 24.9 Å². The highest BCUT2D eigenvalue weighted by atomic mass is 35.5. The Morgan fingerprint density at radius 2 is 2.23 bits per heavy atom. The van der Waals surface area contributed by atoms with E-state index in [0.29, 0.717) is 28.0 Å². The minimum Gasteiger partial charge on any atom is -0.350 e. The molecule has 1 aliphatic carbocycles. The smallest absolute Gasteiger partial charge is 0.242 e. The number of nitrogens with zero attached hydrogens (tertiary/aromatic N) is 2. The number of fused-ring (bicyclic) bond motifs is 1. The van der Waals surface area contributed by atoms with Crippen LogP contribution in [-0.4, -0.2) is 45.6 Å². The molecule has 1 aliphatic heterocycles. The number of halogens is 1. The number of H-pyrrole nitrogens is 1. The van der Waals surface area contributed by atoms with Crippen molar-refractivity contribution in [2.24, 2.45) is 11.8 Å². The number of nitrogens with one attached hydrogen (secondary N) is 4. The molecule has 4 rings (SSSR count). The van der Waals surface area contributed by atoms with E-state index in [1.807, 2.05) is 6.07 Å². The number of amides is 2. The Balaban J connectivity index is 1.25. The van der Waals surface area contributed by atoms with Gasteiger partial charge in [-0.1, -0.05) is 35.9 Å². The summed E-state index contributed by atoms with van der Waals surface area (Å²) < 4.78 is 0. The monoisotopic (exact) mass is 428 g/mol. The Morgan fingerprint density at radius 3 is 3.03 bits per heavy atom. The highest BCUT2D eigenvalue weighted by Gasteiger charge is 2.34. The Kier molecular flexibility index (Phi) is 6.15. The molecule has 2 aliphatic rings. The largest absolute Gasteiger partial charge is 0.350 e. The first kappa shape index (κ1) is 20.6. The van der Waals surface area contributed by atoms with Gasteiger partial charge in [-0.2, -0.15) is 5.10 Å². The predicted molar refractivity (Wildman–Crippen MR) is 115 cm³/mol. The molecule has 1 saturated heterocycles. The van der Waals surface area contributed by atoms with E-state index in [2.05, 4.69) is 55.4 Å². The first-order valence-electron chi connectivity index (χ1n) is 10.1. The summed E-state index contributed by atoms with van der Waals surface area (Å²) in [6.45, 7) is 2.78. The van der Waals surface area contributed by atoms with Gasteiger partial charge in [0.2, 0.25) is 11.8 Å². The second-order valence-corrected chi connectivity index (χ2v) is 8.25. The van der Waals surface area contributed by atoms with E-state index in [9.17, 15) is 9.59 Å². The van der Waals surface area contributed by atoms with Crippen LogP contribution in [0.15, 0.2) is 36.6 Å². The molecule has 1 unspecified atom stereocenters. The number of aromatic amines is 1. The topological polar surface area (TPSA) is 112 Å². The summed E-state index contributed by atoms with van der Waals surface area (Å²) in [5, 5.41) is 16.7. The van der Waals surface area contributed by atoms with Crippen LogP contribution in [0.4, 0.5) is 0 Å². The van der Waals surface area contributed by atoms with Gasteiger partial charge >= 0.3 is 0 Å². The molecule has 0 spiro atoms. The number of hydrogen-bond donors (Lipinski definition) is 4. The second kappa shape index (κ2) is 8.97. The van der Waals surface area contributed by atoms with Gasteiger partial charge in [0.05, 0.1) is 11.4 Å². The van der Waals surface area contributed by atoms with E-state index in [4.69, 9.17) is 11.6 Å². The highest BCUT2D eigenvalue weighted by Crippen LogP contribution is 2.28. The number of pyridine rings is 1. The zero-order valence-electron chi connectivity index (χ0n) is 16.7. The average Bonchev–Trinajstić information content (AvgIpc) is 3.40. The molecule has 158 valence electrons. The van der Waals surface area contributed by atoms with Crippen molar-refractivity contribution in [3.63, 3.8) is 0 Å². The minimum atomic E-state index is -0.634. The molecule has 4 atom stereocenters. The normalized spacial score (nSPS) is 24.1. The molecule has 1 fully saturated rings. The van der Waals surface area contributed by atoms with E-state index in [-0.39, 0.29) is 24.4 Å². The molecule has 4 N–H and O–H groups in total. The van der Waals surface area contributed by atoms with Gasteiger partial charge in [0.25, 0.3) is 0 Å². The summed E-state index contributed by atoms with van der Waals surface area (Å²) in [7, 11) is 0. The van der Waals surface area contributed by atoms with Crippen LogP contribution in [0.3, 0.4) is 0 Å². The lowest BCUT2D eigenvalue weighted by molar-refractivity contribution is -0.129. The van der Waals surface area contributed by atoms with E-state index < -0.39 is 6.04 Å². The van der Waals surface area contributed by atoms with Gasteiger partial charge in [0, 0.05) is 12.7 Å². The first-order valence-corrected chi connectivity index (χ1v) is 10.5. The van der Waals surface area contributed by atoms with Gasteiger partial charge in [-0.15, -0.1) is 0 Å². The predicted octanol–water partition coefficient (Wildman–Crippen LogP) is 1.84. The molecule has 2 aromatic rings. The van der Waals surface area contributed by atoms with Gasteiger partial charge in [-0.05, 0) is 49.8 Å². The van der Waals surface area contributed by atoms with Crippen LogP contribution in [0.2, 0.25) is 5.15 Å². The average molecular weight is 429 g/mol. The van der Waals surface area contributed by atoms with Crippen molar-refractivity contribution in [3.8, 4) is 0 Å². The van der Waals surface area contributed by atoms with Gasteiger partial charge in [-0.3, -0.25) is 14.7 Å². The number of hydrogen-bond acceptors (Lipinski definition) is 5. The summed E-state index contributed by atoms with van der Waals surface area (Å²) in [6, 6.07) is 0.930. The van der Waals surface area contributed by atoms with Crippen LogP contribution < -0.4 is 16.0 Å². The number of aromatic nitrogens is 3. The van der Waals surface area contributed by atoms with Crippen LogP contribution in [0.5, 0.6) is 0 Å². The third-order valence-electron chi connectivity index (χ3n) is 5.74. The zero-order chi connectivity index (χ0) is 21.1. The zero-order valence-corrected chi connectivity index (χ0v) is 17.4. The second-order valence-electron chi connectivity index (χ2n) is 7.87. The fourth-order valence-corrected chi connectivity index (χ4v) is 4.15. The lowest BCUT2D eigenvalue weighted by atomic mass is 9.85. The van der Waals surface area contributed by atoms with Crippen molar-refractivity contribution in [3.05, 3.63) is 47.3 Å². The van der Waals surface area contributed by atoms with Crippen molar-refractivity contribution < 1.29 is 9.59 Å². The Bertz CT molecular complexity index is 1000. The molecule has 0 radical (unpaired) electrons. The summed E-state index contributed by atoms with van der Waals surface area (Å²) in [4.78, 5) is 29.2. The third kappa shape index (κ3) is 4.55. The quantitative estimate of drug-likeness (QED) is 0.561. The van der Waals surface area contributed by atoms with Crippen molar-refractivity contribution in [1.29, 1.82) is 0 Å². The lowest BCUT2D eigenvalue weighted by Gasteiger charge is -2.20. The standard InChI is InChI=1S/C21H25ClN6O2/c1-12(20(29)25-10-13-7-16-18(22)27-28-19(16)24-9-13)26-21(30)17-8-15(11-23-17)14-5-3-2-4-6-14/h2-5,7,9,12,14-15,17,23H,6,8,10-11H2,1H3,(H,25,29)(H,26,30)(H,24,27,28)/t12-,14?,15-,17+/m0/s1. The summed E-state index contributed by atoms with van der Waals surface area (Å²) in [6.07, 6.45) is 11.9. The number of rotatable bonds is 6. The van der Waals surface area contributed by atoms with Crippen molar-refractivity contribution in [2.45, 2.75) is 38.4 Å². The molecule has 8 nitrogen and oxygen atoms in total. The molecular formula is C21H25ClN6O2. The van der Waals surface area contributed by atoms with E-state index in [1.54, 1.807) is 13.1 Å². The van der Waals surface area contributed by atoms with Crippen LogP contribution in [0, 0.1) is 11.8 Å². The molecule has 2 aromatic heterocycles. The maximum Gasteiger partial charge on any atom is 0.242 e. The molecule has 30 heavy (non-hydrogen) atoms. The Labute approximate surface area is 179 Å². The Hall–Kier alpha value is -2.71. The van der Waals surface area contributed by atoms with Crippen molar-refractivity contribution in [2.75, 3.05) is 6.54 Å².